The van der Waals surface area contributed by atoms with Crippen molar-refractivity contribution >= 4 is 39.7 Å². The van der Waals surface area contributed by atoms with Gasteiger partial charge in [-0.2, -0.15) is 0 Å². The summed E-state index contributed by atoms with van der Waals surface area (Å²) in [5.41, 5.74) is 0.169. The molecule has 21 heavy (non-hydrogen) atoms. The van der Waals surface area contributed by atoms with Gasteiger partial charge in [-0.1, -0.05) is 17.7 Å². The molecule has 0 saturated carbocycles. The van der Waals surface area contributed by atoms with Gasteiger partial charge in [-0.3, -0.25) is 4.79 Å². The summed E-state index contributed by atoms with van der Waals surface area (Å²) >= 11 is 6.93. The van der Waals surface area contributed by atoms with Crippen LogP contribution in [-0.2, 0) is 4.79 Å². The summed E-state index contributed by atoms with van der Waals surface area (Å²) in [7, 11) is 0. The molecule has 1 N–H and O–H groups in total. The topological polar surface area (TPSA) is 68.0 Å². The van der Waals surface area contributed by atoms with Crippen LogP contribution in [0.15, 0.2) is 30.3 Å². The third kappa shape index (κ3) is 3.60. The molecule has 0 fully saturated rings. The van der Waals surface area contributed by atoms with Crippen molar-refractivity contribution in [2.24, 2.45) is 0 Å². The summed E-state index contributed by atoms with van der Waals surface area (Å²) in [6.07, 6.45) is 0. The lowest BCUT2D eigenvalue weighted by Gasteiger charge is -2.09. The predicted octanol–water partition coefficient (Wildman–Crippen LogP) is 3.65. The van der Waals surface area contributed by atoms with Gasteiger partial charge in [0.2, 0.25) is 10.8 Å². The van der Waals surface area contributed by atoms with Crippen LogP contribution >= 0.6 is 22.9 Å². The van der Waals surface area contributed by atoms with E-state index in [9.17, 15) is 9.59 Å². The lowest BCUT2D eigenvalue weighted by atomic mass is 10.1. The fourth-order valence-electron chi connectivity index (χ4n) is 1.59. The minimum Gasteiger partial charge on any atom is -0.481 e. The quantitative estimate of drug-likeness (QED) is 0.674. The Morgan fingerprint density at radius 2 is 2.10 bits per heavy atom. The normalized spacial score (nSPS) is 9.90. The SMILES string of the molecule is [C-]#[N+]c1ccc(C(=O)c2cc(Cl)ccc2OCC(=O)O)s1. The number of carbonyl (C=O) groups is 2. The van der Waals surface area contributed by atoms with Crippen LogP contribution in [0.2, 0.25) is 5.02 Å². The molecule has 0 unspecified atom stereocenters. The second kappa shape index (κ2) is 6.39. The molecule has 0 atom stereocenters. The molecular weight excluding hydrogens is 314 g/mol. The Morgan fingerprint density at radius 1 is 1.33 bits per heavy atom. The van der Waals surface area contributed by atoms with E-state index in [2.05, 4.69) is 4.85 Å². The van der Waals surface area contributed by atoms with E-state index in [1.165, 1.54) is 18.2 Å². The minimum atomic E-state index is -1.14. The van der Waals surface area contributed by atoms with Crippen molar-refractivity contribution in [1.29, 1.82) is 0 Å². The van der Waals surface area contributed by atoms with E-state index in [0.717, 1.165) is 11.3 Å². The minimum absolute atomic E-state index is 0.143. The van der Waals surface area contributed by atoms with Crippen LogP contribution in [0.5, 0.6) is 5.75 Å². The lowest BCUT2D eigenvalue weighted by molar-refractivity contribution is -0.139. The van der Waals surface area contributed by atoms with Crippen LogP contribution < -0.4 is 4.74 Å². The molecule has 1 heterocycles. The average Bonchev–Trinajstić information content (AvgIpc) is 2.94. The first kappa shape index (κ1) is 15.0. The number of rotatable bonds is 5. The number of carboxylic acid groups (broad SMARTS) is 1. The van der Waals surface area contributed by atoms with E-state index < -0.39 is 12.6 Å². The number of ether oxygens (including phenoxy) is 1. The number of hydrogen-bond donors (Lipinski definition) is 1. The number of ketones is 1. The van der Waals surface area contributed by atoms with Gasteiger partial charge in [0.15, 0.2) is 6.61 Å². The van der Waals surface area contributed by atoms with E-state index >= 15 is 0 Å². The summed E-state index contributed by atoms with van der Waals surface area (Å²) in [6, 6.07) is 7.46. The van der Waals surface area contributed by atoms with E-state index in [1.54, 1.807) is 12.1 Å². The number of aliphatic carboxylic acids is 1. The Morgan fingerprint density at radius 3 is 2.71 bits per heavy atom. The van der Waals surface area contributed by atoms with E-state index in [0.29, 0.717) is 14.9 Å². The first-order chi connectivity index (χ1) is 10.0. The molecule has 2 aromatic rings. The van der Waals surface area contributed by atoms with Crippen molar-refractivity contribution in [3.8, 4) is 5.75 Å². The molecule has 0 saturated heterocycles. The van der Waals surface area contributed by atoms with Gasteiger partial charge in [-0.15, -0.1) is 11.3 Å². The van der Waals surface area contributed by atoms with Crippen LogP contribution in [0, 0.1) is 6.57 Å². The molecule has 106 valence electrons. The number of carboxylic acids is 1. The molecule has 1 aromatic carbocycles. The molecule has 0 bridgehead atoms. The van der Waals surface area contributed by atoms with Crippen LogP contribution in [-0.4, -0.2) is 23.5 Å². The van der Waals surface area contributed by atoms with Gasteiger partial charge in [-0.25, -0.2) is 9.64 Å². The Labute approximate surface area is 129 Å². The van der Waals surface area contributed by atoms with Crippen molar-refractivity contribution < 1.29 is 19.4 Å². The number of benzene rings is 1. The zero-order valence-electron chi connectivity index (χ0n) is 10.5. The monoisotopic (exact) mass is 321 g/mol. The lowest BCUT2D eigenvalue weighted by Crippen LogP contribution is -2.12. The number of halogens is 1. The Hall–Kier alpha value is -2.36. The summed E-state index contributed by atoms with van der Waals surface area (Å²) < 4.78 is 5.09. The fraction of sp³-hybridized carbons (Fsp3) is 0.0714. The number of thiophene rings is 1. The van der Waals surface area contributed by atoms with Crippen molar-refractivity contribution in [3.05, 3.63) is 57.2 Å². The van der Waals surface area contributed by atoms with Crippen molar-refractivity contribution in [2.45, 2.75) is 0 Å². The third-order valence-corrected chi connectivity index (χ3v) is 3.68. The highest BCUT2D eigenvalue weighted by Crippen LogP contribution is 2.31. The van der Waals surface area contributed by atoms with Crippen LogP contribution in [0.3, 0.4) is 0 Å². The maximum absolute atomic E-state index is 12.4. The average molecular weight is 322 g/mol. The van der Waals surface area contributed by atoms with Gasteiger partial charge in [-0.05, 0) is 24.3 Å². The standard InChI is InChI=1S/C14H8ClNO4S/c1-16-12-5-4-11(21-12)14(19)9-6-8(15)2-3-10(9)20-7-13(17)18/h2-6H,7H2,(H,17,18). The van der Waals surface area contributed by atoms with Crippen molar-refractivity contribution in [1.82, 2.24) is 0 Å². The Bertz CT molecular complexity index is 748. The van der Waals surface area contributed by atoms with Crippen molar-refractivity contribution in [3.63, 3.8) is 0 Å². The first-order valence-corrected chi connectivity index (χ1v) is 6.87. The summed E-state index contributed by atoms with van der Waals surface area (Å²) in [5, 5.41) is 9.38. The molecule has 1 aromatic heterocycles. The van der Waals surface area contributed by atoms with Crippen LogP contribution in [0.1, 0.15) is 15.2 Å². The number of nitrogens with zero attached hydrogens (tertiary/aromatic N) is 1. The molecule has 0 amide bonds. The van der Waals surface area contributed by atoms with Crippen molar-refractivity contribution in [2.75, 3.05) is 6.61 Å². The van der Waals surface area contributed by atoms with E-state index in [4.69, 9.17) is 28.0 Å². The Balaban J connectivity index is 2.36. The first-order valence-electron chi connectivity index (χ1n) is 5.67. The van der Waals surface area contributed by atoms with E-state index in [-0.39, 0.29) is 17.1 Å². The zero-order valence-corrected chi connectivity index (χ0v) is 12.1. The second-order valence-corrected chi connectivity index (χ2v) is 5.40. The van der Waals surface area contributed by atoms with E-state index in [1.807, 2.05) is 0 Å². The molecule has 0 aliphatic carbocycles. The van der Waals surface area contributed by atoms with Gasteiger partial charge in [0.05, 0.1) is 17.0 Å². The maximum Gasteiger partial charge on any atom is 0.341 e. The third-order valence-electron chi connectivity index (χ3n) is 2.46. The molecule has 0 radical (unpaired) electrons. The summed E-state index contributed by atoms with van der Waals surface area (Å²) in [4.78, 5) is 26.6. The highest BCUT2D eigenvalue weighted by atomic mass is 35.5. The molecule has 7 heteroatoms. The molecule has 5 nitrogen and oxygen atoms in total. The molecule has 0 spiro atoms. The van der Waals surface area contributed by atoms with Gasteiger partial charge >= 0.3 is 5.97 Å². The number of hydrogen-bond acceptors (Lipinski definition) is 4. The molecule has 0 aliphatic rings. The second-order valence-electron chi connectivity index (χ2n) is 3.90. The van der Waals surface area contributed by atoms with Gasteiger partial charge < -0.3 is 9.84 Å². The van der Waals surface area contributed by atoms with Gasteiger partial charge in [0, 0.05) is 5.02 Å². The maximum atomic E-state index is 12.4. The summed E-state index contributed by atoms with van der Waals surface area (Å²) in [6.45, 7) is 6.35. The smallest absolute Gasteiger partial charge is 0.341 e. The highest BCUT2D eigenvalue weighted by molar-refractivity contribution is 7.18. The fourth-order valence-corrected chi connectivity index (χ4v) is 2.51. The molecular formula is C14H8ClNO4S. The predicted molar refractivity (Wildman–Crippen MR) is 78.6 cm³/mol. The highest BCUT2D eigenvalue weighted by Gasteiger charge is 2.18. The molecule has 2 rings (SSSR count). The van der Waals surface area contributed by atoms with Crippen LogP contribution in [0.4, 0.5) is 5.00 Å². The zero-order chi connectivity index (χ0) is 15.4. The van der Waals surface area contributed by atoms with Gasteiger partial charge in [0.1, 0.15) is 5.75 Å². The Kier molecular flexibility index (Phi) is 4.58. The largest absolute Gasteiger partial charge is 0.481 e. The molecule has 0 aliphatic heterocycles. The number of carbonyl (C=O) groups excluding carboxylic acids is 1. The van der Waals surface area contributed by atoms with Gasteiger partial charge in [0.25, 0.3) is 0 Å². The van der Waals surface area contributed by atoms with Crippen LogP contribution in [0.25, 0.3) is 4.85 Å². The summed E-state index contributed by atoms with van der Waals surface area (Å²) in [5.74, 6) is -1.36.